The average molecular weight is 265 g/mol. The standard InChI is InChI=1S/C12H19N5S/c1-7-5-10(17(4)16-7)6-11(15-13)12-8(2)14-9(3)18-12/h5,11,15H,6,13H2,1-4H3. The summed E-state index contributed by atoms with van der Waals surface area (Å²) in [6.45, 7) is 6.04. The normalized spacial score (nSPS) is 12.9. The molecule has 18 heavy (non-hydrogen) atoms. The lowest BCUT2D eigenvalue weighted by atomic mass is 10.1. The molecule has 0 spiro atoms. The number of aryl methyl sites for hydroxylation is 4. The topological polar surface area (TPSA) is 68.8 Å². The molecule has 0 fully saturated rings. The van der Waals surface area contributed by atoms with Crippen LogP contribution in [-0.2, 0) is 13.5 Å². The van der Waals surface area contributed by atoms with Gasteiger partial charge in [-0.15, -0.1) is 11.3 Å². The molecule has 0 saturated carbocycles. The van der Waals surface area contributed by atoms with Crippen LogP contribution in [0, 0.1) is 20.8 Å². The van der Waals surface area contributed by atoms with Gasteiger partial charge in [0.2, 0.25) is 0 Å². The number of thiazole rings is 1. The van der Waals surface area contributed by atoms with E-state index < -0.39 is 0 Å². The second-order valence-corrected chi connectivity index (χ2v) is 5.74. The highest BCUT2D eigenvalue weighted by Crippen LogP contribution is 2.27. The molecule has 0 amide bonds. The maximum Gasteiger partial charge on any atom is 0.0900 e. The molecule has 2 heterocycles. The maximum absolute atomic E-state index is 5.69. The molecule has 2 aromatic rings. The van der Waals surface area contributed by atoms with Gasteiger partial charge >= 0.3 is 0 Å². The molecule has 98 valence electrons. The Balaban J connectivity index is 2.25. The van der Waals surface area contributed by atoms with Crippen LogP contribution in [-0.4, -0.2) is 14.8 Å². The summed E-state index contributed by atoms with van der Waals surface area (Å²) in [6, 6.07) is 2.18. The van der Waals surface area contributed by atoms with E-state index >= 15 is 0 Å². The van der Waals surface area contributed by atoms with Gasteiger partial charge in [-0.1, -0.05) is 0 Å². The van der Waals surface area contributed by atoms with Crippen molar-refractivity contribution in [2.75, 3.05) is 0 Å². The quantitative estimate of drug-likeness (QED) is 0.650. The van der Waals surface area contributed by atoms with Crippen molar-refractivity contribution in [1.82, 2.24) is 20.2 Å². The van der Waals surface area contributed by atoms with Crippen molar-refractivity contribution in [3.8, 4) is 0 Å². The van der Waals surface area contributed by atoms with Gasteiger partial charge < -0.3 is 0 Å². The average Bonchev–Trinajstić information content (AvgIpc) is 2.78. The highest BCUT2D eigenvalue weighted by molar-refractivity contribution is 7.11. The Hall–Kier alpha value is -1.24. The third-order valence-corrected chi connectivity index (χ3v) is 4.16. The third-order valence-electron chi connectivity index (χ3n) is 2.97. The fourth-order valence-corrected chi connectivity index (χ4v) is 3.15. The Labute approximate surface area is 111 Å². The van der Waals surface area contributed by atoms with Crippen LogP contribution in [0.4, 0.5) is 0 Å². The molecule has 5 nitrogen and oxygen atoms in total. The van der Waals surface area contributed by atoms with Crippen LogP contribution >= 0.6 is 11.3 Å². The van der Waals surface area contributed by atoms with E-state index in [0.717, 1.165) is 22.8 Å². The first-order chi connectivity index (χ1) is 8.51. The second-order valence-electron chi connectivity index (χ2n) is 4.51. The van der Waals surface area contributed by atoms with E-state index in [9.17, 15) is 0 Å². The van der Waals surface area contributed by atoms with E-state index in [-0.39, 0.29) is 6.04 Å². The summed E-state index contributed by atoms with van der Waals surface area (Å²) in [7, 11) is 1.96. The summed E-state index contributed by atoms with van der Waals surface area (Å²) in [5.41, 5.74) is 6.14. The molecule has 2 rings (SSSR count). The second kappa shape index (κ2) is 5.17. The Bertz CT molecular complexity index is 543. The van der Waals surface area contributed by atoms with Crippen LogP contribution in [0.15, 0.2) is 6.07 Å². The summed E-state index contributed by atoms with van der Waals surface area (Å²) in [5, 5.41) is 5.43. The fraction of sp³-hybridized carbons (Fsp3) is 0.500. The molecule has 0 aliphatic carbocycles. The molecule has 0 aliphatic heterocycles. The zero-order chi connectivity index (χ0) is 13.3. The van der Waals surface area contributed by atoms with Gasteiger partial charge in [-0.05, 0) is 26.8 Å². The fourth-order valence-electron chi connectivity index (χ4n) is 2.16. The van der Waals surface area contributed by atoms with Gasteiger partial charge in [0.05, 0.1) is 22.4 Å². The molecular formula is C12H19N5S. The zero-order valence-corrected chi connectivity index (χ0v) is 12.0. The molecule has 0 bridgehead atoms. The smallest absolute Gasteiger partial charge is 0.0900 e. The van der Waals surface area contributed by atoms with Crippen molar-refractivity contribution in [3.05, 3.63) is 33.0 Å². The predicted molar refractivity (Wildman–Crippen MR) is 73.3 cm³/mol. The van der Waals surface area contributed by atoms with Crippen molar-refractivity contribution in [2.24, 2.45) is 12.9 Å². The zero-order valence-electron chi connectivity index (χ0n) is 11.2. The van der Waals surface area contributed by atoms with E-state index in [0.29, 0.717) is 0 Å². The summed E-state index contributed by atoms with van der Waals surface area (Å²) >= 11 is 1.70. The first kappa shape index (κ1) is 13.2. The minimum Gasteiger partial charge on any atom is -0.272 e. The van der Waals surface area contributed by atoms with E-state index in [1.54, 1.807) is 11.3 Å². The SMILES string of the molecule is Cc1cc(CC(NN)c2sc(C)nc2C)n(C)n1. The Morgan fingerprint density at radius 2 is 2.17 bits per heavy atom. The van der Waals surface area contributed by atoms with Gasteiger partial charge in [0.25, 0.3) is 0 Å². The van der Waals surface area contributed by atoms with E-state index in [1.807, 2.05) is 32.5 Å². The van der Waals surface area contributed by atoms with Crippen LogP contribution in [0.2, 0.25) is 0 Å². The van der Waals surface area contributed by atoms with Crippen LogP contribution in [0.5, 0.6) is 0 Å². The van der Waals surface area contributed by atoms with Crippen molar-refractivity contribution in [1.29, 1.82) is 0 Å². The van der Waals surface area contributed by atoms with Gasteiger partial charge in [0, 0.05) is 24.0 Å². The number of nitrogens with one attached hydrogen (secondary N) is 1. The molecule has 1 unspecified atom stereocenters. The lowest BCUT2D eigenvalue weighted by Gasteiger charge is -2.14. The minimum atomic E-state index is 0.0889. The molecule has 0 aromatic carbocycles. The molecule has 1 atom stereocenters. The van der Waals surface area contributed by atoms with Crippen molar-refractivity contribution in [2.45, 2.75) is 33.2 Å². The molecule has 3 N–H and O–H groups in total. The highest BCUT2D eigenvalue weighted by atomic mass is 32.1. The largest absolute Gasteiger partial charge is 0.272 e. The summed E-state index contributed by atoms with van der Waals surface area (Å²) in [4.78, 5) is 5.65. The summed E-state index contributed by atoms with van der Waals surface area (Å²) < 4.78 is 1.91. The van der Waals surface area contributed by atoms with Crippen LogP contribution < -0.4 is 11.3 Å². The predicted octanol–water partition coefficient (Wildman–Crippen LogP) is 1.55. The van der Waals surface area contributed by atoms with E-state index in [2.05, 4.69) is 21.6 Å². The number of nitrogens with zero attached hydrogens (tertiary/aromatic N) is 3. The molecule has 0 saturated heterocycles. The van der Waals surface area contributed by atoms with Gasteiger partial charge in [0.15, 0.2) is 0 Å². The number of rotatable bonds is 4. The van der Waals surface area contributed by atoms with Crippen LogP contribution in [0.25, 0.3) is 0 Å². The van der Waals surface area contributed by atoms with Crippen LogP contribution in [0.1, 0.15) is 33.0 Å². The van der Waals surface area contributed by atoms with Gasteiger partial charge in [0.1, 0.15) is 0 Å². The van der Waals surface area contributed by atoms with Gasteiger partial charge in [-0.2, -0.15) is 5.10 Å². The number of hydrazine groups is 1. The van der Waals surface area contributed by atoms with Crippen molar-refractivity contribution in [3.63, 3.8) is 0 Å². The monoisotopic (exact) mass is 265 g/mol. The van der Waals surface area contributed by atoms with Crippen molar-refractivity contribution >= 4 is 11.3 Å². The Morgan fingerprint density at radius 1 is 1.44 bits per heavy atom. The van der Waals surface area contributed by atoms with E-state index in [4.69, 9.17) is 5.84 Å². The number of aromatic nitrogens is 3. The van der Waals surface area contributed by atoms with Crippen molar-refractivity contribution < 1.29 is 0 Å². The number of hydrogen-bond donors (Lipinski definition) is 2. The third kappa shape index (κ3) is 2.60. The lowest BCUT2D eigenvalue weighted by molar-refractivity contribution is 0.534. The Morgan fingerprint density at radius 3 is 2.61 bits per heavy atom. The molecule has 0 radical (unpaired) electrons. The van der Waals surface area contributed by atoms with Gasteiger partial charge in [-0.3, -0.25) is 16.0 Å². The minimum absolute atomic E-state index is 0.0889. The molecule has 6 heteroatoms. The van der Waals surface area contributed by atoms with E-state index in [1.165, 1.54) is 10.6 Å². The lowest BCUT2D eigenvalue weighted by Crippen LogP contribution is -2.30. The highest BCUT2D eigenvalue weighted by Gasteiger charge is 2.18. The van der Waals surface area contributed by atoms with Crippen LogP contribution in [0.3, 0.4) is 0 Å². The molecule has 2 aromatic heterocycles. The summed E-state index contributed by atoms with van der Waals surface area (Å²) in [6.07, 6.45) is 0.816. The molecular weight excluding hydrogens is 246 g/mol. The molecule has 0 aliphatic rings. The maximum atomic E-state index is 5.69. The number of nitrogens with two attached hydrogens (primary N) is 1. The first-order valence-corrected chi connectivity index (χ1v) is 6.72. The first-order valence-electron chi connectivity index (χ1n) is 5.91. The van der Waals surface area contributed by atoms with Gasteiger partial charge in [-0.25, -0.2) is 4.98 Å². The Kier molecular flexibility index (Phi) is 3.79. The number of hydrogen-bond acceptors (Lipinski definition) is 5. The summed E-state index contributed by atoms with van der Waals surface area (Å²) in [5.74, 6) is 5.69.